The van der Waals surface area contributed by atoms with Crippen molar-refractivity contribution in [1.82, 2.24) is 4.90 Å². The summed E-state index contributed by atoms with van der Waals surface area (Å²) in [6.45, 7) is 4.43. The minimum absolute atomic E-state index is 0.0979. The largest absolute Gasteiger partial charge is 0.486 e. The van der Waals surface area contributed by atoms with Gasteiger partial charge in [0.15, 0.2) is 0 Å². The number of nitrogens with zero attached hydrogens (tertiary/aromatic N) is 2. The first-order valence-electron chi connectivity index (χ1n) is 15.0. The molecule has 0 bridgehead atoms. The first-order chi connectivity index (χ1) is 20.3. The molecule has 0 aromatic heterocycles. The Kier molecular flexibility index (Phi) is 8.58. The van der Waals surface area contributed by atoms with Crippen LogP contribution in [0.5, 0.6) is 11.5 Å². The molecule has 0 saturated heterocycles. The molecular weight excluding hydrogens is 571 g/mol. The zero-order valence-electron chi connectivity index (χ0n) is 24.2. The van der Waals surface area contributed by atoms with Crippen LogP contribution >= 0.6 is 23.2 Å². The maximum atomic E-state index is 12.2. The standard InChI is InChI=1S/C34H38Cl2N2O4/c1-3-31(23-9-12-27(35)28(36)15-23)41-26-10-7-22(8-11-26)32-13-14-37(2)29-16-24-17-30(34(39)40)38(19-21-5-4-6-21)20-25(24)18-33(29)42-32/h7-12,15-16,18,21,30-32H,3-6,13-14,17,19-20H2,1-2H3,(H,39,40)/t30-,31+,32+/m0/s1. The van der Waals surface area contributed by atoms with E-state index in [9.17, 15) is 9.90 Å². The van der Waals surface area contributed by atoms with Gasteiger partial charge in [-0.3, -0.25) is 9.69 Å². The first-order valence-corrected chi connectivity index (χ1v) is 15.8. The Hall–Kier alpha value is -2.93. The molecule has 3 atom stereocenters. The molecule has 3 aromatic rings. The number of carboxylic acid groups (broad SMARTS) is 1. The average molecular weight is 610 g/mol. The van der Waals surface area contributed by atoms with E-state index in [4.69, 9.17) is 32.7 Å². The van der Waals surface area contributed by atoms with Crippen molar-refractivity contribution in [1.29, 1.82) is 0 Å². The van der Waals surface area contributed by atoms with Gasteiger partial charge >= 0.3 is 5.97 Å². The topological polar surface area (TPSA) is 62.2 Å². The van der Waals surface area contributed by atoms with E-state index in [0.717, 1.165) is 59.8 Å². The highest BCUT2D eigenvalue weighted by Crippen LogP contribution is 2.41. The SMILES string of the molecule is CC[C@@H](Oc1ccc([C@H]2CCN(C)c3cc4c(cc3O2)CN(CC2CCC2)[C@H](C(=O)O)C4)cc1)c1ccc(Cl)c(Cl)c1. The average Bonchev–Trinajstić information content (AvgIpc) is 3.12. The van der Waals surface area contributed by atoms with Crippen LogP contribution < -0.4 is 14.4 Å². The van der Waals surface area contributed by atoms with Gasteiger partial charge in [0, 0.05) is 33.1 Å². The smallest absolute Gasteiger partial charge is 0.321 e. The molecule has 2 heterocycles. The van der Waals surface area contributed by atoms with Gasteiger partial charge in [0.25, 0.3) is 0 Å². The van der Waals surface area contributed by atoms with Crippen molar-refractivity contribution in [3.8, 4) is 11.5 Å². The van der Waals surface area contributed by atoms with Crippen molar-refractivity contribution in [2.75, 3.05) is 25.0 Å². The van der Waals surface area contributed by atoms with Crippen LogP contribution in [0.2, 0.25) is 10.0 Å². The van der Waals surface area contributed by atoms with Gasteiger partial charge in [-0.1, -0.05) is 54.7 Å². The Balaban J connectivity index is 1.19. The second-order valence-corrected chi connectivity index (χ2v) is 12.8. The molecule has 1 saturated carbocycles. The summed E-state index contributed by atoms with van der Waals surface area (Å²) in [7, 11) is 2.09. The first kappa shape index (κ1) is 29.2. The van der Waals surface area contributed by atoms with Crippen LogP contribution in [0.4, 0.5) is 5.69 Å². The summed E-state index contributed by atoms with van der Waals surface area (Å²) in [5, 5.41) is 11.1. The fourth-order valence-electron chi connectivity index (χ4n) is 6.40. The quantitative estimate of drug-likeness (QED) is 0.279. The monoisotopic (exact) mass is 608 g/mol. The third kappa shape index (κ3) is 6.08. The molecule has 8 heteroatoms. The lowest BCUT2D eigenvalue weighted by Gasteiger charge is -2.39. The number of anilines is 1. The van der Waals surface area contributed by atoms with E-state index in [0.29, 0.717) is 28.9 Å². The molecular formula is C34H38Cl2N2O4. The highest BCUT2D eigenvalue weighted by Gasteiger charge is 2.35. The second kappa shape index (κ2) is 12.4. The van der Waals surface area contributed by atoms with Crippen LogP contribution in [-0.4, -0.2) is 42.2 Å². The van der Waals surface area contributed by atoms with Crippen molar-refractivity contribution < 1.29 is 19.4 Å². The maximum Gasteiger partial charge on any atom is 0.321 e. The number of fused-ring (bicyclic) bond motifs is 2. The van der Waals surface area contributed by atoms with Crippen LogP contribution in [0, 0.1) is 5.92 Å². The van der Waals surface area contributed by atoms with Crippen molar-refractivity contribution in [3.05, 3.63) is 86.9 Å². The lowest BCUT2D eigenvalue weighted by atomic mass is 9.83. The number of ether oxygens (including phenoxy) is 2. The van der Waals surface area contributed by atoms with Crippen molar-refractivity contribution in [2.24, 2.45) is 5.92 Å². The molecule has 1 N–H and O–H groups in total. The van der Waals surface area contributed by atoms with Crippen molar-refractivity contribution >= 4 is 34.9 Å². The maximum absolute atomic E-state index is 12.2. The van der Waals surface area contributed by atoms with Gasteiger partial charge < -0.3 is 19.5 Å². The Morgan fingerprint density at radius 1 is 1.05 bits per heavy atom. The van der Waals surface area contributed by atoms with E-state index < -0.39 is 12.0 Å². The molecule has 6 nitrogen and oxygen atoms in total. The molecule has 1 aliphatic carbocycles. The molecule has 42 heavy (non-hydrogen) atoms. The summed E-state index contributed by atoms with van der Waals surface area (Å²) in [5.41, 5.74) is 5.42. The minimum Gasteiger partial charge on any atom is -0.486 e. The summed E-state index contributed by atoms with van der Waals surface area (Å²) >= 11 is 12.4. The number of benzene rings is 3. The Bertz CT molecular complexity index is 1440. The van der Waals surface area contributed by atoms with E-state index in [1.54, 1.807) is 6.07 Å². The Morgan fingerprint density at radius 3 is 2.50 bits per heavy atom. The van der Waals surface area contributed by atoms with Gasteiger partial charge in [-0.2, -0.15) is 0 Å². The van der Waals surface area contributed by atoms with E-state index in [-0.39, 0.29) is 12.2 Å². The predicted molar refractivity (Wildman–Crippen MR) is 167 cm³/mol. The molecule has 1 fully saturated rings. The van der Waals surface area contributed by atoms with Gasteiger partial charge in [-0.05, 0) is 90.3 Å². The van der Waals surface area contributed by atoms with E-state index >= 15 is 0 Å². The van der Waals surface area contributed by atoms with Gasteiger partial charge in [0.05, 0.1) is 15.7 Å². The highest BCUT2D eigenvalue weighted by molar-refractivity contribution is 6.42. The summed E-state index contributed by atoms with van der Waals surface area (Å²) in [6.07, 6.45) is 5.60. The zero-order chi connectivity index (χ0) is 29.4. The third-order valence-corrected chi connectivity index (χ3v) is 9.87. The molecule has 3 aliphatic rings. The molecule has 3 aromatic carbocycles. The molecule has 0 radical (unpaired) electrons. The summed E-state index contributed by atoms with van der Waals surface area (Å²) in [5.74, 6) is 1.54. The fraction of sp³-hybridized carbons (Fsp3) is 0.441. The van der Waals surface area contributed by atoms with Gasteiger partial charge in [0.2, 0.25) is 0 Å². The van der Waals surface area contributed by atoms with Crippen molar-refractivity contribution in [2.45, 2.75) is 70.2 Å². The molecule has 2 aliphatic heterocycles. The number of halogens is 2. The van der Waals surface area contributed by atoms with Crippen LogP contribution in [0.1, 0.15) is 73.5 Å². The lowest BCUT2D eigenvalue weighted by Crippen LogP contribution is -2.48. The van der Waals surface area contributed by atoms with Crippen LogP contribution in [-0.2, 0) is 17.8 Å². The van der Waals surface area contributed by atoms with Crippen LogP contribution in [0.25, 0.3) is 0 Å². The highest BCUT2D eigenvalue weighted by atomic mass is 35.5. The number of hydrogen-bond acceptors (Lipinski definition) is 5. The number of carbonyl (C=O) groups is 1. The number of hydrogen-bond donors (Lipinski definition) is 1. The number of carboxylic acids is 1. The van der Waals surface area contributed by atoms with E-state index in [2.05, 4.69) is 48.0 Å². The van der Waals surface area contributed by atoms with E-state index in [1.165, 1.54) is 24.8 Å². The number of aliphatic carboxylic acids is 1. The second-order valence-electron chi connectivity index (χ2n) is 11.9. The van der Waals surface area contributed by atoms with Crippen molar-refractivity contribution in [3.63, 3.8) is 0 Å². The predicted octanol–water partition coefficient (Wildman–Crippen LogP) is 8.09. The molecule has 0 spiro atoms. The Labute approximate surface area is 258 Å². The molecule has 222 valence electrons. The molecule has 0 unspecified atom stereocenters. The zero-order valence-corrected chi connectivity index (χ0v) is 25.7. The lowest BCUT2D eigenvalue weighted by molar-refractivity contribution is -0.144. The summed E-state index contributed by atoms with van der Waals surface area (Å²) < 4.78 is 13.0. The van der Waals surface area contributed by atoms with Crippen LogP contribution in [0.3, 0.4) is 0 Å². The van der Waals surface area contributed by atoms with Crippen LogP contribution in [0.15, 0.2) is 54.6 Å². The summed E-state index contributed by atoms with van der Waals surface area (Å²) in [6, 6.07) is 17.7. The fourth-order valence-corrected chi connectivity index (χ4v) is 6.70. The Morgan fingerprint density at radius 2 is 1.83 bits per heavy atom. The normalized spacial score (nSPS) is 21.4. The van der Waals surface area contributed by atoms with Gasteiger partial charge in [-0.15, -0.1) is 0 Å². The molecule has 6 rings (SSSR count). The third-order valence-electron chi connectivity index (χ3n) is 9.13. The van der Waals surface area contributed by atoms with E-state index in [1.807, 2.05) is 24.3 Å². The number of rotatable bonds is 8. The molecule has 0 amide bonds. The van der Waals surface area contributed by atoms with Gasteiger partial charge in [-0.25, -0.2) is 0 Å². The van der Waals surface area contributed by atoms with Gasteiger partial charge in [0.1, 0.15) is 29.7 Å². The minimum atomic E-state index is -0.728. The summed E-state index contributed by atoms with van der Waals surface area (Å²) in [4.78, 5) is 16.6.